The Hall–Kier alpha value is -0.170. The first-order chi connectivity index (χ1) is 5.58. The second kappa shape index (κ2) is 4.18. The van der Waals surface area contributed by atoms with Crippen LogP contribution in [0.5, 0.6) is 0 Å². The van der Waals surface area contributed by atoms with E-state index < -0.39 is 10.1 Å². The standard InChI is InChI=1S/C6H13NO4S/c8-12(9,10)6-3-7-1-4-11-5-2-7/h1-6H2,(H,8,9,10)/p+1. The highest BCUT2D eigenvalue weighted by Crippen LogP contribution is 1.79. The fourth-order valence-corrected chi connectivity index (χ4v) is 1.73. The van der Waals surface area contributed by atoms with Crippen molar-refractivity contribution in [2.24, 2.45) is 0 Å². The van der Waals surface area contributed by atoms with E-state index in [0.717, 1.165) is 13.1 Å². The molecule has 1 rings (SSSR count). The van der Waals surface area contributed by atoms with Gasteiger partial charge in [-0.2, -0.15) is 8.42 Å². The number of ether oxygens (including phenoxy) is 1. The van der Waals surface area contributed by atoms with E-state index in [4.69, 9.17) is 9.29 Å². The lowest BCUT2D eigenvalue weighted by molar-refractivity contribution is -0.905. The minimum atomic E-state index is -3.79. The van der Waals surface area contributed by atoms with Gasteiger partial charge in [-0.15, -0.1) is 0 Å². The van der Waals surface area contributed by atoms with Crippen LogP contribution in [0.15, 0.2) is 0 Å². The van der Waals surface area contributed by atoms with Gasteiger partial charge < -0.3 is 9.64 Å². The van der Waals surface area contributed by atoms with Gasteiger partial charge in [-0.05, 0) is 0 Å². The fraction of sp³-hybridized carbons (Fsp3) is 1.00. The molecule has 0 amide bonds. The van der Waals surface area contributed by atoms with Crippen LogP contribution < -0.4 is 4.90 Å². The Morgan fingerprint density at radius 2 is 1.92 bits per heavy atom. The van der Waals surface area contributed by atoms with E-state index in [1.54, 1.807) is 0 Å². The van der Waals surface area contributed by atoms with E-state index in [9.17, 15) is 8.42 Å². The van der Waals surface area contributed by atoms with Crippen LogP contribution in [0.4, 0.5) is 0 Å². The Balaban J connectivity index is 2.22. The van der Waals surface area contributed by atoms with Crippen molar-refractivity contribution < 1.29 is 22.6 Å². The minimum Gasteiger partial charge on any atom is -0.370 e. The third-order valence-corrected chi connectivity index (χ3v) is 2.63. The second-order valence-corrected chi connectivity index (χ2v) is 4.47. The van der Waals surface area contributed by atoms with Gasteiger partial charge in [-0.3, -0.25) is 4.55 Å². The average molecular weight is 196 g/mol. The Morgan fingerprint density at radius 1 is 1.33 bits per heavy atom. The molecule has 0 spiro atoms. The number of hydrogen-bond donors (Lipinski definition) is 2. The topological polar surface area (TPSA) is 68.0 Å². The van der Waals surface area contributed by atoms with Crippen LogP contribution in [0.2, 0.25) is 0 Å². The summed E-state index contributed by atoms with van der Waals surface area (Å²) < 4.78 is 34.3. The van der Waals surface area contributed by atoms with Gasteiger partial charge in [0.25, 0.3) is 10.1 Å². The number of morpholine rings is 1. The molecule has 0 aromatic rings. The molecule has 5 nitrogen and oxygen atoms in total. The summed E-state index contributed by atoms with van der Waals surface area (Å²) in [6.07, 6.45) is 0. The van der Waals surface area contributed by atoms with E-state index in [1.165, 1.54) is 4.90 Å². The molecule has 72 valence electrons. The van der Waals surface area contributed by atoms with Crippen LogP contribution in [0, 0.1) is 0 Å². The smallest absolute Gasteiger partial charge is 0.270 e. The third-order valence-electron chi connectivity index (χ3n) is 1.91. The largest absolute Gasteiger partial charge is 0.370 e. The molecule has 0 radical (unpaired) electrons. The predicted molar refractivity (Wildman–Crippen MR) is 42.8 cm³/mol. The van der Waals surface area contributed by atoms with E-state index in [0.29, 0.717) is 19.8 Å². The summed E-state index contributed by atoms with van der Waals surface area (Å²) in [4.78, 5) is 1.18. The zero-order valence-corrected chi connectivity index (χ0v) is 7.64. The van der Waals surface area contributed by atoms with Gasteiger partial charge in [-0.25, -0.2) is 0 Å². The maximum atomic E-state index is 10.4. The highest BCUT2D eigenvalue weighted by molar-refractivity contribution is 7.85. The van der Waals surface area contributed by atoms with Gasteiger partial charge in [0, 0.05) is 0 Å². The summed E-state index contributed by atoms with van der Waals surface area (Å²) in [5.41, 5.74) is 0. The Kier molecular flexibility index (Phi) is 3.45. The SMILES string of the molecule is O=S(=O)(O)CC[NH+]1CCOCC1. The van der Waals surface area contributed by atoms with Crippen molar-refractivity contribution in [3.63, 3.8) is 0 Å². The van der Waals surface area contributed by atoms with Crippen LogP contribution in [-0.4, -0.2) is 51.6 Å². The molecule has 0 atom stereocenters. The summed E-state index contributed by atoms with van der Waals surface area (Å²) in [6, 6.07) is 0. The van der Waals surface area contributed by atoms with Gasteiger partial charge >= 0.3 is 0 Å². The van der Waals surface area contributed by atoms with Crippen molar-refractivity contribution in [1.82, 2.24) is 0 Å². The maximum absolute atomic E-state index is 10.4. The molecule has 1 fully saturated rings. The first kappa shape index (κ1) is 9.91. The average Bonchev–Trinajstić information content (AvgIpc) is 2.02. The van der Waals surface area contributed by atoms with E-state index in [2.05, 4.69) is 0 Å². The molecule has 0 aliphatic carbocycles. The van der Waals surface area contributed by atoms with Gasteiger partial charge in [-0.1, -0.05) is 0 Å². The molecule has 0 bridgehead atoms. The lowest BCUT2D eigenvalue weighted by Gasteiger charge is -2.22. The van der Waals surface area contributed by atoms with Crippen LogP contribution in [-0.2, 0) is 14.9 Å². The molecule has 2 N–H and O–H groups in total. The summed E-state index contributed by atoms with van der Waals surface area (Å²) in [6.45, 7) is 3.49. The zero-order chi connectivity index (χ0) is 9.03. The lowest BCUT2D eigenvalue weighted by atomic mass is 10.4. The van der Waals surface area contributed by atoms with Crippen molar-refractivity contribution in [2.45, 2.75) is 0 Å². The van der Waals surface area contributed by atoms with Gasteiger partial charge in [0.05, 0.1) is 19.8 Å². The van der Waals surface area contributed by atoms with Gasteiger partial charge in [0.2, 0.25) is 0 Å². The van der Waals surface area contributed by atoms with Crippen LogP contribution >= 0.6 is 0 Å². The molecule has 1 aliphatic rings. The van der Waals surface area contributed by atoms with E-state index in [-0.39, 0.29) is 5.75 Å². The number of rotatable bonds is 3. The predicted octanol–water partition coefficient (Wildman–Crippen LogP) is -2.21. The van der Waals surface area contributed by atoms with Crippen molar-refractivity contribution in [3.05, 3.63) is 0 Å². The molecule has 0 aromatic heterocycles. The molecule has 0 saturated carbocycles. The molecule has 1 heterocycles. The van der Waals surface area contributed by atoms with Crippen LogP contribution in [0.25, 0.3) is 0 Å². The monoisotopic (exact) mass is 196 g/mol. The van der Waals surface area contributed by atoms with Crippen molar-refractivity contribution >= 4 is 10.1 Å². The number of hydrogen-bond acceptors (Lipinski definition) is 3. The molecule has 0 unspecified atom stereocenters. The second-order valence-electron chi connectivity index (χ2n) is 2.90. The summed E-state index contributed by atoms with van der Waals surface area (Å²) in [7, 11) is -3.79. The molecular weight excluding hydrogens is 182 g/mol. The zero-order valence-electron chi connectivity index (χ0n) is 6.82. The van der Waals surface area contributed by atoms with Crippen molar-refractivity contribution in [1.29, 1.82) is 0 Å². The van der Waals surface area contributed by atoms with Gasteiger partial charge in [0.15, 0.2) is 0 Å². The Morgan fingerprint density at radius 3 is 2.42 bits per heavy atom. The van der Waals surface area contributed by atoms with Crippen LogP contribution in [0.3, 0.4) is 0 Å². The Bertz CT molecular complexity index is 220. The van der Waals surface area contributed by atoms with E-state index >= 15 is 0 Å². The Labute approximate surface area is 72.1 Å². The van der Waals surface area contributed by atoms with Crippen molar-refractivity contribution in [3.8, 4) is 0 Å². The molecule has 6 heteroatoms. The quantitative estimate of drug-likeness (QED) is 0.502. The highest BCUT2D eigenvalue weighted by Gasteiger charge is 2.16. The molecular formula is C6H14NO4S+. The molecule has 12 heavy (non-hydrogen) atoms. The maximum Gasteiger partial charge on any atom is 0.270 e. The first-order valence-electron chi connectivity index (χ1n) is 3.94. The molecule has 1 saturated heterocycles. The highest BCUT2D eigenvalue weighted by atomic mass is 32.2. The molecule has 1 aliphatic heterocycles. The van der Waals surface area contributed by atoms with Crippen molar-refractivity contribution in [2.75, 3.05) is 38.6 Å². The van der Waals surface area contributed by atoms with Crippen LogP contribution in [0.1, 0.15) is 0 Å². The summed E-state index contributed by atoms with van der Waals surface area (Å²) in [5.74, 6) is -0.150. The first-order valence-corrected chi connectivity index (χ1v) is 5.55. The lowest BCUT2D eigenvalue weighted by Crippen LogP contribution is -3.14. The number of quaternary nitrogens is 1. The number of nitrogens with one attached hydrogen (secondary N) is 1. The third kappa shape index (κ3) is 4.01. The molecule has 0 aromatic carbocycles. The fourth-order valence-electron chi connectivity index (χ4n) is 1.18. The van der Waals surface area contributed by atoms with E-state index in [1.807, 2.05) is 0 Å². The minimum absolute atomic E-state index is 0.150. The summed E-state index contributed by atoms with van der Waals surface area (Å²) >= 11 is 0. The van der Waals surface area contributed by atoms with Gasteiger partial charge in [0.1, 0.15) is 18.8 Å². The summed E-state index contributed by atoms with van der Waals surface area (Å²) in [5, 5.41) is 0. The normalized spacial score (nSPS) is 21.1.